The molecule has 0 saturated carbocycles. The maximum absolute atomic E-state index is 8.22. The Balaban J connectivity index is 0.00000211. The molecule has 0 amide bonds. The fourth-order valence-corrected chi connectivity index (χ4v) is 2.20. The second kappa shape index (κ2) is 10.5. The predicted molar refractivity (Wildman–Crippen MR) is 96.2 cm³/mol. The summed E-state index contributed by atoms with van der Waals surface area (Å²) in [6, 6.07) is 7.97. The maximum atomic E-state index is 8.22. The van der Waals surface area contributed by atoms with Crippen molar-refractivity contribution >= 4 is 35.8 Å². The van der Waals surface area contributed by atoms with Crippen LogP contribution in [0.5, 0.6) is 0 Å². The molecule has 122 valence electrons. The number of benzene rings is 1. The zero-order valence-corrected chi connectivity index (χ0v) is 17.0. The van der Waals surface area contributed by atoms with Crippen molar-refractivity contribution in [3.05, 3.63) is 46.9 Å². The molecule has 0 aliphatic carbocycles. The third-order valence-electron chi connectivity index (χ3n) is 2.54. The van der Waals surface area contributed by atoms with Gasteiger partial charge in [0.2, 0.25) is 0 Å². The third kappa shape index (κ3) is 9.67. The third-order valence-corrected chi connectivity index (χ3v) is 3.61. The second-order valence-corrected chi connectivity index (χ2v) is 8.70. The summed E-state index contributed by atoms with van der Waals surface area (Å²) in [4.78, 5) is 0. The van der Waals surface area contributed by atoms with Crippen LogP contribution in [0.2, 0.25) is 0 Å². The van der Waals surface area contributed by atoms with E-state index in [9.17, 15) is 0 Å². The first-order chi connectivity index (χ1) is 10.2. The molecule has 1 rings (SSSR count). The van der Waals surface area contributed by atoms with E-state index < -0.39 is 0 Å². The molecule has 1 aromatic rings. The van der Waals surface area contributed by atoms with Crippen molar-refractivity contribution in [3.63, 3.8) is 0 Å². The average molecular weight is 422 g/mol. The molecular formula is C16H23N2OS2Tc. The molecule has 0 unspecified atom stereocenters. The van der Waals surface area contributed by atoms with E-state index in [1.807, 2.05) is 43.5 Å². The van der Waals surface area contributed by atoms with Crippen LogP contribution < -0.4 is 0 Å². The quantitative estimate of drug-likeness (QED) is 0.517. The van der Waals surface area contributed by atoms with E-state index in [1.54, 1.807) is 11.8 Å². The van der Waals surface area contributed by atoms with Crippen molar-refractivity contribution in [2.45, 2.75) is 37.2 Å². The molecule has 0 spiro atoms. The Labute approximate surface area is 155 Å². The van der Waals surface area contributed by atoms with Crippen molar-refractivity contribution in [1.82, 2.24) is 0 Å². The van der Waals surface area contributed by atoms with Gasteiger partial charge in [0, 0.05) is 0 Å². The van der Waals surface area contributed by atoms with Crippen molar-refractivity contribution in [3.8, 4) is 0 Å². The molecule has 0 atom stereocenters. The van der Waals surface area contributed by atoms with Gasteiger partial charge in [-0.2, -0.15) is 16.1 Å². The van der Waals surface area contributed by atoms with Crippen LogP contribution >= 0.6 is 11.8 Å². The second-order valence-electron chi connectivity index (χ2n) is 5.93. The number of nitrogens with zero attached hydrogens (tertiary/aromatic N) is 2. The van der Waals surface area contributed by atoms with Crippen molar-refractivity contribution in [2.24, 2.45) is 0 Å². The van der Waals surface area contributed by atoms with Crippen LogP contribution in [0.4, 0.5) is 11.4 Å². The summed E-state index contributed by atoms with van der Waals surface area (Å²) < 4.78 is 8.05. The molecule has 0 aliphatic heterocycles. The standard InChI is InChI=1S/C16H24N2S2.O.Tc/c1-6-20-16(4,5)12-18-14-10-8-7-9-13(14)17-11-15(2,3)19;;/h6-10,19H,1,11-12H2,2-5H3;;/q-2;;+3/p-1. The zero-order valence-electron chi connectivity index (χ0n) is 13.5. The van der Waals surface area contributed by atoms with Crippen LogP contribution in [0.3, 0.4) is 0 Å². The van der Waals surface area contributed by atoms with Crippen LogP contribution in [-0.4, -0.2) is 22.6 Å². The normalized spacial score (nSPS) is 11.1. The molecule has 0 heterocycles. The van der Waals surface area contributed by atoms with Crippen molar-refractivity contribution < 1.29 is 22.4 Å². The Kier molecular flexibility index (Phi) is 10.3. The van der Waals surface area contributed by atoms with Gasteiger partial charge < -0.3 is 23.3 Å². The summed E-state index contributed by atoms with van der Waals surface area (Å²) in [6.45, 7) is 13.5. The van der Waals surface area contributed by atoms with Crippen molar-refractivity contribution in [1.29, 1.82) is 0 Å². The molecule has 22 heavy (non-hydrogen) atoms. The summed E-state index contributed by atoms with van der Waals surface area (Å²) in [5.74, 6) is 0. The van der Waals surface area contributed by atoms with Gasteiger partial charge in [-0.15, -0.1) is 24.9 Å². The van der Waals surface area contributed by atoms with Crippen LogP contribution in [0, 0.1) is 0 Å². The van der Waals surface area contributed by atoms with E-state index in [0.717, 1.165) is 36.8 Å². The SMILES string of the molecule is C=CSC(C)(C)C[N-]c1ccccc1[N-]CC(C)(C)[S-].[O]=[Tc+3]. The average Bonchev–Trinajstić information content (AvgIpc) is 2.45. The van der Waals surface area contributed by atoms with Crippen LogP contribution in [0.1, 0.15) is 27.7 Å². The predicted octanol–water partition coefficient (Wildman–Crippen LogP) is 5.56. The number of thioether (sulfide) groups is 1. The Morgan fingerprint density at radius 2 is 1.59 bits per heavy atom. The van der Waals surface area contributed by atoms with E-state index in [4.69, 9.17) is 21.4 Å². The van der Waals surface area contributed by atoms with Crippen LogP contribution in [0.25, 0.3) is 10.6 Å². The molecule has 0 N–H and O–H groups in total. The molecule has 0 saturated heterocycles. The van der Waals surface area contributed by atoms with Gasteiger partial charge in [0.25, 0.3) is 0 Å². The molecular weight excluding hydrogens is 398 g/mol. The zero-order chi connectivity index (χ0) is 17.2. The molecule has 0 bridgehead atoms. The molecule has 0 aliphatic rings. The number of para-hydroxylation sites is 2. The number of rotatable bonds is 8. The monoisotopic (exact) mass is 420 g/mol. The van der Waals surface area contributed by atoms with Crippen molar-refractivity contribution in [2.75, 3.05) is 13.1 Å². The Morgan fingerprint density at radius 3 is 2.00 bits per heavy atom. The first-order valence-corrected chi connectivity index (χ1v) is 8.87. The summed E-state index contributed by atoms with van der Waals surface area (Å²) >= 11 is 7.95. The van der Waals surface area contributed by atoms with Crippen LogP contribution in [0.15, 0.2) is 36.3 Å². The molecule has 0 aromatic heterocycles. The van der Waals surface area contributed by atoms with Gasteiger partial charge >= 0.3 is 22.4 Å². The Morgan fingerprint density at radius 1 is 1.14 bits per heavy atom. The van der Waals surface area contributed by atoms with Gasteiger partial charge in [0.05, 0.1) is 0 Å². The van der Waals surface area contributed by atoms with E-state index >= 15 is 0 Å². The van der Waals surface area contributed by atoms with Crippen LogP contribution in [-0.2, 0) is 35.0 Å². The van der Waals surface area contributed by atoms with E-state index in [2.05, 4.69) is 25.7 Å². The number of hydrogen-bond acceptors (Lipinski definition) is 3. The molecule has 1 aromatic carbocycles. The summed E-state index contributed by atoms with van der Waals surface area (Å²) in [7, 11) is 0. The van der Waals surface area contributed by atoms with Gasteiger partial charge in [-0.05, 0) is 10.2 Å². The van der Waals surface area contributed by atoms with E-state index in [-0.39, 0.29) is 9.49 Å². The van der Waals surface area contributed by atoms with E-state index in [1.165, 1.54) is 0 Å². The minimum atomic E-state index is -0.217. The fraction of sp³-hybridized carbons (Fsp3) is 0.500. The first kappa shape index (κ1) is 21.7. The van der Waals surface area contributed by atoms with Gasteiger partial charge in [0.15, 0.2) is 0 Å². The molecule has 3 nitrogen and oxygen atoms in total. The fourth-order valence-electron chi connectivity index (χ4n) is 1.55. The summed E-state index contributed by atoms with van der Waals surface area (Å²) in [5, 5.41) is 11.2. The topological polar surface area (TPSA) is 45.3 Å². The molecule has 0 radical (unpaired) electrons. The Hall–Kier alpha value is -0.291. The first-order valence-electron chi connectivity index (χ1n) is 6.82. The molecule has 0 fully saturated rings. The van der Waals surface area contributed by atoms with Gasteiger partial charge in [-0.3, -0.25) is 0 Å². The minimum absolute atomic E-state index is 0.0478. The molecule has 6 heteroatoms. The Bertz CT molecular complexity index is 462. The number of hydrogen-bond donors (Lipinski definition) is 0. The van der Waals surface area contributed by atoms with E-state index in [0.29, 0.717) is 6.54 Å². The van der Waals surface area contributed by atoms with Gasteiger partial charge in [-0.25, -0.2) is 0 Å². The van der Waals surface area contributed by atoms with Gasteiger partial charge in [-0.1, -0.05) is 58.5 Å². The summed E-state index contributed by atoms with van der Waals surface area (Å²) in [5.41, 5.74) is 1.86. The van der Waals surface area contributed by atoms with Gasteiger partial charge in [0.1, 0.15) is 0 Å². The summed E-state index contributed by atoms with van der Waals surface area (Å²) in [6.07, 6.45) is 0.